The molecule has 1 saturated heterocycles. The fraction of sp³-hybridized carbons (Fsp3) is 0.258. The first-order valence-electron chi connectivity index (χ1n) is 13.5. The summed E-state index contributed by atoms with van der Waals surface area (Å²) in [6.45, 7) is 1.17. The molecule has 6 rings (SSSR count). The van der Waals surface area contributed by atoms with Gasteiger partial charge in [-0.25, -0.2) is 9.37 Å². The number of benzene rings is 3. The molecule has 210 valence electrons. The van der Waals surface area contributed by atoms with Crippen molar-refractivity contribution in [2.45, 2.75) is 18.8 Å². The molecule has 1 aliphatic rings. The van der Waals surface area contributed by atoms with E-state index in [1.54, 1.807) is 31.1 Å². The maximum Gasteiger partial charge on any atom is 0.289 e. The van der Waals surface area contributed by atoms with Crippen molar-refractivity contribution in [2.24, 2.45) is 0 Å². The lowest BCUT2D eigenvalue weighted by molar-refractivity contribution is 0.0696. The van der Waals surface area contributed by atoms with Crippen LogP contribution in [0.4, 0.5) is 10.1 Å². The monoisotopic (exact) mass is 571 g/mol. The molecule has 0 saturated carbocycles. The number of nitrogens with zero attached hydrogens (tertiary/aromatic N) is 3. The van der Waals surface area contributed by atoms with Crippen LogP contribution in [0.1, 0.15) is 45.3 Å². The third kappa shape index (κ3) is 4.93. The molecule has 10 heteroatoms. The van der Waals surface area contributed by atoms with Gasteiger partial charge in [-0.3, -0.25) is 9.59 Å². The molecular weight excluding hydrogens is 541 g/mol. The summed E-state index contributed by atoms with van der Waals surface area (Å²) in [5.74, 6) is -0.0154. The van der Waals surface area contributed by atoms with Crippen molar-refractivity contribution in [1.82, 2.24) is 20.2 Å². The molecule has 1 fully saturated rings. The number of carbonyl (C=O) groups is 2. The van der Waals surface area contributed by atoms with Crippen LogP contribution in [0.25, 0.3) is 33.3 Å². The lowest BCUT2D eigenvalue weighted by Crippen LogP contribution is -2.39. The molecule has 0 spiro atoms. The van der Waals surface area contributed by atoms with Crippen LogP contribution in [0.15, 0.2) is 65.1 Å². The largest absolute Gasteiger partial charge is 0.455 e. The molecule has 8 nitrogen and oxygen atoms in total. The van der Waals surface area contributed by atoms with Crippen molar-refractivity contribution in [3.63, 3.8) is 0 Å². The summed E-state index contributed by atoms with van der Waals surface area (Å²) in [4.78, 5) is 36.2. The van der Waals surface area contributed by atoms with Crippen LogP contribution in [0, 0.1) is 5.82 Å². The summed E-state index contributed by atoms with van der Waals surface area (Å²) >= 11 is 1.57. The van der Waals surface area contributed by atoms with E-state index in [2.05, 4.69) is 19.6 Å². The highest BCUT2D eigenvalue weighted by Gasteiger charge is 2.31. The van der Waals surface area contributed by atoms with Crippen molar-refractivity contribution in [3.05, 3.63) is 83.4 Å². The number of amides is 2. The molecular formula is C31H30FN5O3S. The lowest BCUT2D eigenvalue weighted by Gasteiger charge is -2.34. The Balaban J connectivity index is 1.42. The molecule has 2 amide bonds. The Labute approximate surface area is 241 Å². The summed E-state index contributed by atoms with van der Waals surface area (Å²) in [7, 11) is 3.56. The van der Waals surface area contributed by atoms with Gasteiger partial charge in [0.05, 0.1) is 22.3 Å². The molecule has 0 bridgehead atoms. The first kappa shape index (κ1) is 26.9. The van der Waals surface area contributed by atoms with Gasteiger partial charge in [0.15, 0.2) is 5.82 Å². The smallest absolute Gasteiger partial charge is 0.289 e. The first-order chi connectivity index (χ1) is 19.9. The number of fused-ring (bicyclic) bond motifs is 2. The number of likely N-dealkylation sites (tertiary alicyclic amines) is 1. The Morgan fingerprint density at radius 2 is 1.95 bits per heavy atom. The van der Waals surface area contributed by atoms with Crippen molar-refractivity contribution in [3.8, 4) is 11.3 Å². The summed E-state index contributed by atoms with van der Waals surface area (Å²) in [6, 6.07) is 17.5. The van der Waals surface area contributed by atoms with Gasteiger partial charge in [-0.2, -0.15) is 0 Å². The molecule has 1 atom stereocenters. The van der Waals surface area contributed by atoms with Crippen LogP contribution in [0.3, 0.4) is 0 Å². The number of aromatic amines is 1. The van der Waals surface area contributed by atoms with Gasteiger partial charge in [0.2, 0.25) is 0 Å². The summed E-state index contributed by atoms with van der Waals surface area (Å²) in [5.41, 5.74) is 5.16. The van der Waals surface area contributed by atoms with Crippen LogP contribution in [0.2, 0.25) is 0 Å². The number of halogens is 1. The Hall–Kier alpha value is -4.31. The first-order valence-corrected chi connectivity index (χ1v) is 14.7. The van der Waals surface area contributed by atoms with E-state index >= 15 is 0 Å². The van der Waals surface area contributed by atoms with E-state index in [0.717, 1.165) is 35.1 Å². The highest BCUT2D eigenvalue weighted by molar-refractivity contribution is 7.99. The number of piperidine rings is 1. The number of furan rings is 1. The van der Waals surface area contributed by atoms with E-state index in [4.69, 9.17) is 4.42 Å². The number of H-pyrrole nitrogens is 1. The van der Waals surface area contributed by atoms with Crippen LogP contribution in [-0.2, 0) is 0 Å². The van der Waals surface area contributed by atoms with Crippen LogP contribution in [0.5, 0.6) is 0 Å². The average molecular weight is 572 g/mol. The zero-order chi connectivity index (χ0) is 28.7. The fourth-order valence-corrected chi connectivity index (χ4v) is 5.98. The van der Waals surface area contributed by atoms with Crippen molar-refractivity contribution >= 4 is 51.5 Å². The van der Waals surface area contributed by atoms with E-state index in [-0.39, 0.29) is 23.5 Å². The molecule has 3 heterocycles. The zero-order valence-electron chi connectivity index (χ0n) is 23.0. The van der Waals surface area contributed by atoms with E-state index in [0.29, 0.717) is 46.8 Å². The van der Waals surface area contributed by atoms with Gasteiger partial charge >= 0.3 is 0 Å². The second-order valence-electron chi connectivity index (χ2n) is 10.2. The van der Waals surface area contributed by atoms with Gasteiger partial charge in [-0.05, 0) is 60.9 Å². The quantitative estimate of drug-likeness (QED) is 0.236. The van der Waals surface area contributed by atoms with Crippen molar-refractivity contribution in [1.29, 1.82) is 0 Å². The van der Waals surface area contributed by atoms with Crippen LogP contribution < -0.4 is 9.62 Å². The number of hydrogen-bond donors (Lipinski definition) is 2. The number of imidazole rings is 1. The van der Waals surface area contributed by atoms with E-state index in [1.807, 2.05) is 54.6 Å². The summed E-state index contributed by atoms with van der Waals surface area (Å²) < 4.78 is 22.0. The minimum Gasteiger partial charge on any atom is -0.455 e. The maximum absolute atomic E-state index is 13.7. The highest BCUT2D eigenvalue weighted by Crippen LogP contribution is 2.42. The molecule has 1 aliphatic heterocycles. The molecule has 0 aliphatic carbocycles. The molecule has 3 aromatic carbocycles. The molecule has 5 aromatic rings. The number of carbonyl (C=O) groups excluding carboxylic acids is 2. The molecule has 2 N–H and O–H groups in total. The minimum atomic E-state index is -0.364. The predicted molar refractivity (Wildman–Crippen MR) is 161 cm³/mol. The summed E-state index contributed by atoms with van der Waals surface area (Å²) in [5, 5.41) is 3.41. The molecule has 2 aromatic heterocycles. The average Bonchev–Trinajstić information content (AvgIpc) is 3.61. The Morgan fingerprint density at radius 1 is 1.17 bits per heavy atom. The minimum absolute atomic E-state index is 0.0350. The number of rotatable bonds is 6. The Morgan fingerprint density at radius 3 is 2.68 bits per heavy atom. The third-order valence-corrected chi connectivity index (χ3v) is 8.50. The number of nitrogens with one attached hydrogen (secondary N) is 2. The molecule has 1 unspecified atom stereocenters. The van der Waals surface area contributed by atoms with E-state index in [1.165, 1.54) is 12.1 Å². The lowest BCUT2D eigenvalue weighted by atomic mass is 9.88. The second kappa shape index (κ2) is 10.9. The maximum atomic E-state index is 13.7. The van der Waals surface area contributed by atoms with Gasteiger partial charge in [-0.15, -0.1) is 0 Å². The zero-order valence-corrected chi connectivity index (χ0v) is 23.8. The van der Waals surface area contributed by atoms with E-state index in [9.17, 15) is 14.0 Å². The highest BCUT2D eigenvalue weighted by atomic mass is 32.2. The summed E-state index contributed by atoms with van der Waals surface area (Å²) in [6.07, 6.45) is 3.72. The van der Waals surface area contributed by atoms with Crippen molar-refractivity contribution in [2.75, 3.05) is 37.7 Å². The van der Waals surface area contributed by atoms with Gasteiger partial charge in [0, 0.05) is 56.4 Å². The number of aromatic nitrogens is 2. The standard InChI is InChI=1S/C31H30FN5O3S/c1-33-30(38)27-22-15-21(25(36(2)41-3)16-26(22)40-28(27)18-10-12-20(32)13-11-18)19-7-6-14-37(17-19)31(39)29-34-23-8-4-5-9-24(23)35-29/h4-5,8-13,15-16,19H,6-7,14,17H2,1-3H3,(H,33,38)(H,34,35). The Kier molecular flexibility index (Phi) is 7.17. The van der Waals surface area contributed by atoms with Gasteiger partial charge < -0.3 is 23.9 Å². The predicted octanol–water partition coefficient (Wildman–Crippen LogP) is 6.21. The Bertz CT molecular complexity index is 1730. The SMILES string of the molecule is CNC(=O)c1c(-c2ccc(F)cc2)oc2cc(N(C)SC)c(C3CCCN(C(=O)c4nc5ccccc5[nH]4)C3)cc12. The van der Waals surface area contributed by atoms with Crippen LogP contribution >= 0.6 is 11.9 Å². The van der Waals surface area contributed by atoms with Crippen molar-refractivity contribution < 1.29 is 18.4 Å². The molecule has 41 heavy (non-hydrogen) atoms. The van der Waals surface area contributed by atoms with Gasteiger partial charge in [0.1, 0.15) is 17.2 Å². The normalized spacial score (nSPS) is 15.4. The van der Waals surface area contributed by atoms with E-state index < -0.39 is 0 Å². The second-order valence-corrected chi connectivity index (χ2v) is 11.1. The third-order valence-electron chi connectivity index (χ3n) is 7.75. The number of anilines is 1. The number of para-hydroxylation sites is 2. The molecule has 0 radical (unpaired) electrons. The topological polar surface area (TPSA) is 94.5 Å². The van der Waals surface area contributed by atoms with Gasteiger partial charge in [0.25, 0.3) is 11.8 Å². The van der Waals surface area contributed by atoms with Crippen LogP contribution in [-0.4, -0.2) is 60.1 Å². The number of hydrogen-bond acceptors (Lipinski definition) is 6. The fourth-order valence-electron chi connectivity index (χ4n) is 5.62. The van der Waals surface area contributed by atoms with Gasteiger partial charge in [-0.1, -0.05) is 24.1 Å².